The first-order valence-electron chi connectivity index (χ1n) is 20.4. The number of carbonyl (C=O) groups is 3. The lowest BCUT2D eigenvalue weighted by molar-refractivity contribution is -0.130. The fourth-order valence-electron chi connectivity index (χ4n) is 7.40. The number of pyridine rings is 1. The molecule has 0 radical (unpaired) electrons. The molecule has 0 aliphatic carbocycles. The van der Waals surface area contributed by atoms with Crippen molar-refractivity contribution in [3.05, 3.63) is 117 Å². The minimum Gasteiger partial charge on any atom is -0.506 e. The van der Waals surface area contributed by atoms with Gasteiger partial charge in [0.2, 0.25) is 17.4 Å². The van der Waals surface area contributed by atoms with Crippen LogP contribution in [-0.2, 0) is 27.3 Å². The number of aromatic hydroxyl groups is 1. The number of hydrogen-bond donors (Lipinski definition) is 5. The van der Waals surface area contributed by atoms with Crippen LogP contribution in [0.3, 0.4) is 0 Å². The van der Waals surface area contributed by atoms with Crippen molar-refractivity contribution in [3.63, 3.8) is 0 Å². The van der Waals surface area contributed by atoms with Gasteiger partial charge < -0.3 is 40.0 Å². The molecule has 13 nitrogen and oxygen atoms in total. The number of fused-ring (bicyclic) bond motifs is 1. The zero-order valence-corrected chi connectivity index (χ0v) is 34.9. The molecule has 0 atom stereocenters. The monoisotopic (exact) mass is 836 g/mol. The van der Waals surface area contributed by atoms with Crippen LogP contribution < -0.4 is 26.2 Å². The first-order valence-corrected chi connectivity index (χ1v) is 20.7. The van der Waals surface area contributed by atoms with Crippen molar-refractivity contribution >= 4 is 51.8 Å². The number of phenols is 1. The molecule has 0 spiro atoms. The summed E-state index contributed by atoms with van der Waals surface area (Å²) in [6, 6.07) is 27.6. The zero-order chi connectivity index (χ0) is 42.4. The number of likely N-dealkylation sites (tertiary alicyclic amines) is 1. The number of nitrogens with one attached hydrogen (secondary N) is 4. The molecule has 3 amide bonds. The number of halogens is 1. The number of aromatic nitrogens is 1. The highest BCUT2D eigenvalue weighted by atomic mass is 35.5. The van der Waals surface area contributed by atoms with E-state index in [0.717, 1.165) is 40.7 Å². The summed E-state index contributed by atoms with van der Waals surface area (Å²) in [5.41, 5.74) is 5.06. The van der Waals surface area contributed by atoms with Crippen LogP contribution in [0, 0.1) is 0 Å². The summed E-state index contributed by atoms with van der Waals surface area (Å²) in [7, 11) is 3.35. The minimum absolute atomic E-state index is 0.0283. The van der Waals surface area contributed by atoms with Crippen molar-refractivity contribution in [2.24, 2.45) is 0 Å². The second kappa shape index (κ2) is 21.4. The molecule has 316 valence electrons. The van der Waals surface area contributed by atoms with Crippen LogP contribution in [0.5, 0.6) is 11.5 Å². The average Bonchev–Trinajstić information content (AvgIpc) is 3.25. The number of ether oxygens (including phenoxy) is 2. The summed E-state index contributed by atoms with van der Waals surface area (Å²) in [6.45, 7) is 3.75. The van der Waals surface area contributed by atoms with Crippen LogP contribution in [0.2, 0.25) is 5.02 Å². The minimum atomic E-state index is -0.467. The normalized spacial score (nSPS) is 13.2. The molecule has 2 heterocycles. The molecule has 1 aliphatic heterocycles. The highest BCUT2D eigenvalue weighted by molar-refractivity contribution is 6.33. The number of phenolic OH excluding ortho intramolecular Hbond substituents is 1. The Morgan fingerprint density at radius 2 is 1.67 bits per heavy atom. The summed E-state index contributed by atoms with van der Waals surface area (Å²) in [5, 5.41) is 20.5. The molecule has 1 fully saturated rings. The Bertz CT molecular complexity index is 2310. The highest BCUT2D eigenvalue weighted by Gasteiger charge is 2.24. The van der Waals surface area contributed by atoms with Crippen molar-refractivity contribution in [1.82, 2.24) is 20.1 Å². The number of piperidine rings is 1. The van der Waals surface area contributed by atoms with E-state index >= 15 is 0 Å². The second-order valence-corrected chi connectivity index (χ2v) is 15.4. The molecule has 0 unspecified atom stereocenters. The molecule has 0 saturated carbocycles. The summed E-state index contributed by atoms with van der Waals surface area (Å²) in [6.07, 6.45) is 3.35. The maximum absolute atomic E-state index is 12.9. The number of H-pyrrole nitrogens is 1. The maximum Gasteiger partial charge on any atom is 0.411 e. The Kier molecular flexibility index (Phi) is 15.6. The Hall–Kier alpha value is -5.89. The maximum atomic E-state index is 12.9. The van der Waals surface area contributed by atoms with Crippen LogP contribution >= 0.6 is 11.6 Å². The number of unbranched alkanes of at least 4 members (excludes halogenated alkanes) is 1. The van der Waals surface area contributed by atoms with Crippen molar-refractivity contribution in [2.45, 2.75) is 57.6 Å². The van der Waals surface area contributed by atoms with Gasteiger partial charge >= 0.3 is 6.09 Å². The molecular formula is C46H53ClN6O7. The molecular weight excluding hydrogens is 784 g/mol. The lowest BCUT2D eigenvalue weighted by atomic mass is 10.0. The summed E-state index contributed by atoms with van der Waals surface area (Å²) in [4.78, 5) is 56.9. The molecule has 1 aromatic heterocycles. The van der Waals surface area contributed by atoms with E-state index in [1.807, 2.05) is 60.7 Å². The van der Waals surface area contributed by atoms with E-state index in [0.29, 0.717) is 92.4 Å². The van der Waals surface area contributed by atoms with E-state index in [9.17, 15) is 24.3 Å². The van der Waals surface area contributed by atoms with Gasteiger partial charge in [0.05, 0.1) is 29.0 Å². The van der Waals surface area contributed by atoms with Gasteiger partial charge in [-0.15, -0.1) is 0 Å². The fraction of sp³-hybridized carbons (Fsp3) is 0.348. The third-order valence-corrected chi connectivity index (χ3v) is 11.1. The van der Waals surface area contributed by atoms with Crippen LogP contribution in [0.25, 0.3) is 22.0 Å². The predicted octanol–water partition coefficient (Wildman–Crippen LogP) is 7.57. The quantitative estimate of drug-likeness (QED) is 0.0560. The summed E-state index contributed by atoms with van der Waals surface area (Å²) < 4.78 is 11.4. The number of aromatic amines is 1. The van der Waals surface area contributed by atoms with Crippen LogP contribution in [0.1, 0.15) is 49.7 Å². The second-order valence-electron chi connectivity index (χ2n) is 15.0. The molecule has 60 heavy (non-hydrogen) atoms. The number of rotatable bonds is 18. The third kappa shape index (κ3) is 12.1. The van der Waals surface area contributed by atoms with E-state index < -0.39 is 6.09 Å². The van der Waals surface area contributed by atoms with E-state index in [1.54, 1.807) is 43.3 Å². The lowest BCUT2D eigenvalue weighted by Gasteiger charge is -2.31. The fourth-order valence-corrected chi connectivity index (χ4v) is 7.63. The Labute approximate surface area is 355 Å². The van der Waals surface area contributed by atoms with E-state index in [1.165, 1.54) is 6.07 Å². The number of methoxy groups -OCH3 is 1. The predicted molar refractivity (Wildman–Crippen MR) is 236 cm³/mol. The molecule has 0 bridgehead atoms. The molecule has 4 aromatic carbocycles. The van der Waals surface area contributed by atoms with Gasteiger partial charge in [-0.3, -0.25) is 19.7 Å². The molecule has 6 rings (SSSR count). The van der Waals surface area contributed by atoms with Crippen molar-refractivity contribution < 1.29 is 29.0 Å². The molecule has 1 saturated heterocycles. The Morgan fingerprint density at radius 1 is 0.900 bits per heavy atom. The zero-order valence-electron chi connectivity index (χ0n) is 34.1. The molecule has 1 aliphatic rings. The number of hydrogen-bond acceptors (Lipinski definition) is 9. The summed E-state index contributed by atoms with van der Waals surface area (Å²) in [5.74, 6) is 0.481. The van der Waals surface area contributed by atoms with E-state index in [2.05, 4.69) is 25.8 Å². The van der Waals surface area contributed by atoms with Crippen molar-refractivity contribution in [1.29, 1.82) is 0 Å². The molecule has 14 heteroatoms. The number of carbonyl (C=O) groups excluding carboxylic acids is 3. The van der Waals surface area contributed by atoms with Gasteiger partial charge in [-0.2, -0.15) is 0 Å². The topological polar surface area (TPSA) is 165 Å². The van der Waals surface area contributed by atoms with Gasteiger partial charge in [-0.1, -0.05) is 66.2 Å². The van der Waals surface area contributed by atoms with Gasteiger partial charge in [0.15, 0.2) is 0 Å². The van der Waals surface area contributed by atoms with Crippen LogP contribution in [-0.4, -0.2) is 90.8 Å². The first-order chi connectivity index (χ1) is 29.1. The van der Waals surface area contributed by atoms with E-state index in [4.69, 9.17) is 21.1 Å². The number of nitrogens with zero attached hydrogens (tertiary/aromatic N) is 2. The number of anilines is 2. The van der Waals surface area contributed by atoms with Crippen LogP contribution in [0.15, 0.2) is 95.8 Å². The van der Waals surface area contributed by atoms with Gasteiger partial charge in [0, 0.05) is 81.3 Å². The van der Waals surface area contributed by atoms with Gasteiger partial charge in [-0.25, -0.2) is 4.79 Å². The third-order valence-electron chi connectivity index (χ3n) is 10.8. The summed E-state index contributed by atoms with van der Waals surface area (Å²) >= 11 is 6.58. The average molecular weight is 837 g/mol. The van der Waals surface area contributed by atoms with Gasteiger partial charge in [-0.05, 0) is 74.0 Å². The molecule has 5 N–H and O–H groups in total. The Balaban J connectivity index is 0.849. The van der Waals surface area contributed by atoms with Crippen LogP contribution in [0.4, 0.5) is 16.2 Å². The van der Waals surface area contributed by atoms with Crippen molar-refractivity contribution in [2.75, 3.05) is 57.5 Å². The number of benzene rings is 4. The smallest absolute Gasteiger partial charge is 0.411 e. The number of para-hydroxylation sites is 1. The van der Waals surface area contributed by atoms with Gasteiger partial charge in [0.1, 0.15) is 17.6 Å². The van der Waals surface area contributed by atoms with E-state index in [-0.39, 0.29) is 35.6 Å². The van der Waals surface area contributed by atoms with Crippen molar-refractivity contribution in [3.8, 4) is 22.6 Å². The standard InChI is InChI=1S/C46H53ClN6O7/c1-52(44(57)22-27-53-25-20-34(21-26-53)60-46(58)50-38-13-7-6-12-35(38)31-10-4-3-5-11-31)24-9-8-14-42(55)49-39-29-41(59-2)33(28-37(39)47)30-48-23-19-32-15-17-40(54)45-36(32)16-18-43(56)51-45/h3-7,10-13,15-18,28-29,34,48,54H,8-9,14,19-27,30H2,1-2H3,(H,49,55)(H,50,58)(H,51,56). The Morgan fingerprint density at radius 3 is 2.45 bits per heavy atom. The molecule has 5 aromatic rings. The number of amides is 3. The largest absolute Gasteiger partial charge is 0.506 e. The van der Waals surface area contributed by atoms with Gasteiger partial charge in [0.25, 0.3) is 0 Å². The first kappa shape index (κ1) is 43.7. The SMILES string of the molecule is COc1cc(NC(=O)CCCCN(C)C(=O)CCN2CCC(OC(=O)Nc3ccccc3-c3ccccc3)CC2)c(Cl)cc1CNCCc1ccc(O)c2[nH]c(=O)ccc12. The highest BCUT2D eigenvalue weighted by Crippen LogP contribution is 2.32. The lowest BCUT2D eigenvalue weighted by Crippen LogP contribution is -2.40.